The summed E-state index contributed by atoms with van der Waals surface area (Å²) in [6.45, 7) is 1.88. The number of imidazole rings is 1. The number of nitrogen functional groups attached to an aromatic ring is 2. The summed E-state index contributed by atoms with van der Waals surface area (Å²) in [6.07, 6.45) is 0.956. The maximum Gasteiger partial charge on any atom is 0.411 e. The molecular formula is C15H17N7O2. The first-order valence-corrected chi connectivity index (χ1v) is 7.10. The molecule has 3 aromatic rings. The Morgan fingerprint density at radius 2 is 2.08 bits per heavy atom. The molecule has 0 aliphatic heterocycles. The average Bonchev–Trinajstić information content (AvgIpc) is 2.92. The summed E-state index contributed by atoms with van der Waals surface area (Å²) in [6, 6.07) is 7.15. The van der Waals surface area contributed by atoms with E-state index in [2.05, 4.69) is 25.5 Å². The van der Waals surface area contributed by atoms with Crippen LogP contribution in [0.25, 0.3) is 5.65 Å². The fraction of sp³-hybridized carbons (Fsp3) is 0.133. The van der Waals surface area contributed by atoms with Crippen molar-refractivity contribution in [2.75, 3.05) is 29.2 Å². The molecule has 1 amide bonds. The molecule has 1 aromatic carbocycles. The monoisotopic (exact) mass is 327 g/mol. The van der Waals surface area contributed by atoms with E-state index >= 15 is 0 Å². The molecule has 0 bridgehead atoms. The Morgan fingerprint density at radius 3 is 2.83 bits per heavy atom. The second kappa shape index (κ2) is 5.95. The van der Waals surface area contributed by atoms with Crippen LogP contribution >= 0.6 is 0 Å². The number of hydrogen-bond acceptors (Lipinski definition) is 7. The molecule has 9 heteroatoms. The number of fused-ring (bicyclic) bond motifs is 1. The molecule has 24 heavy (non-hydrogen) atoms. The topological polar surface area (TPSA) is 133 Å². The number of methoxy groups -OCH3 is 1. The molecule has 0 atom stereocenters. The van der Waals surface area contributed by atoms with Gasteiger partial charge >= 0.3 is 6.09 Å². The van der Waals surface area contributed by atoms with Gasteiger partial charge in [-0.15, -0.1) is 5.10 Å². The number of aryl methyl sites for hydroxylation is 1. The number of hydrogen-bond donors (Lipinski definition) is 4. The third-order valence-corrected chi connectivity index (χ3v) is 3.45. The Morgan fingerprint density at radius 1 is 1.29 bits per heavy atom. The van der Waals surface area contributed by atoms with Crippen molar-refractivity contribution in [3.63, 3.8) is 0 Å². The molecule has 124 valence electrons. The molecule has 6 N–H and O–H groups in total. The van der Waals surface area contributed by atoms with E-state index in [4.69, 9.17) is 11.5 Å². The summed E-state index contributed by atoms with van der Waals surface area (Å²) in [5, 5.41) is 10.1. The number of anilines is 5. The van der Waals surface area contributed by atoms with E-state index in [9.17, 15) is 4.79 Å². The Hall–Kier alpha value is -3.49. The largest absolute Gasteiger partial charge is 0.453 e. The normalized spacial score (nSPS) is 10.6. The van der Waals surface area contributed by atoms with Crippen molar-refractivity contribution in [1.82, 2.24) is 14.6 Å². The first-order valence-electron chi connectivity index (χ1n) is 7.10. The first kappa shape index (κ1) is 15.4. The van der Waals surface area contributed by atoms with Gasteiger partial charge in [-0.3, -0.25) is 5.32 Å². The standard InChI is InChI=1S/C15H17N7O2/c1-8-3-4-9(5-11(8)20-15(23)24-2)19-13-6-10(16)14-18-7-12(17)22(14)21-13/h3-7H,16-17H2,1-2H3,(H,19,21)(H,20,23). The van der Waals surface area contributed by atoms with Crippen LogP contribution in [0.4, 0.5) is 33.5 Å². The van der Waals surface area contributed by atoms with Crippen LogP contribution in [-0.4, -0.2) is 27.8 Å². The molecule has 0 aliphatic carbocycles. The summed E-state index contributed by atoms with van der Waals surface area (Å²) in [7, 11) is 1.31. The summed E-state index contributed by atoms with van der Waals surface area (Å²) in [5.74, 6) is 0.884. The van der Waals surface area contributed by atoms with Gasteiger partial charge in [0.15, 0.2) is 11.5 Å². The number of aromatic nitrogens is 3. The van der Waals surface area contributed by atoms with E-state index in [1.54, 1.807) is 12.1 Å². The third-order valence-electron chi connectivity index (χ3n) is 3.45. The fourth-order valence-corrected chi connectivity index (χ4v) is 2.21. The highest BCUT2D eigenvalue weighted by Gasteiger charge is 2.09. The van der Waals surface area contributed by atoms with Crippen molar-refractivity contribution in [3.05, 3.63) is 36.0 Å². The van der Waals surface area contributed by atoms with E-state index in [0.717, 1.165) is 11.3 Å². The molecule has 0 fully saturated rings. The molecular weight excluding hydrogens is 310 g/mol. The smallest absolute Gasteiger partial charge is 0.411 e. The number of carbonyl (C=O) groups is 1. The van der Waals surface area contributed by atoms with Gasteiger partial charge in [-0.05, 0) is 24.6 Å². The Bertz CT molecular complexity index is 920. The van der Waals surface area contributed by atoms with Gasteiger partial charge in [0.1, 0.15) is 5.82 Å². The molecule has 9 nitrogen and oxygen atoms in total. The predicted octanol–water partition coefficient (Wildman–Crippen LogP) is 2.12. The van der Waals surface area contributed by atoms with Crippen LogP contribution < -0.4 is 22.1 Å². The quantitative estimate of drug-likeness (QED) is 0.579. The van der Waals surface area contributed by atoms with Gasteiger partial charge in [0.2, 0.25) is 0 Å². The number of nitrogens with one attached hydrogen (secondary N) is 2. The second-order valence-electron chi connectivity index (χ2n) is 5.17. The van der Waals surface area contributed by atoms with Gasteiger partial charge in [0, 0.05) is 17.4 Å². The third kappa shape index (κ3) is 2.86. The van der Waals surface area contributed by atoms with Crippen molar-refractivity contribution in [1.29, 1.82) is 0 Å². The number of nitrogens with zero attached hydrogens (tertiary/aromatic N) is 3. The number of nitrogens with two attached hydrogens (primary N) is 2. The highest BCUT2D eigenvalue weighted by atomic mass is 16.5. The van der Waals surface area contributed by atoms with Gasteiger partial charge < -0.3 is 21.5 Å². The number of ether oxygens (including phenoxy) is 1. The van der Waals surface area contributed by atoms with Gasteiger partial charge in [-0.25, -0.2) is 9.78 Å². The second-order valence-corrected chi connectivity index (χ2v) is 5.17. The highest BCUT2D eigenvalue weighted by Crippen LogP contribution is 2.25. The Labute approximate surface area is 137 Å². The van der Waals surface area contributed by atoms with Gasteiger partial charge in [0.25, 0.3) is 0 Å². The van der Waals surface area contributed by atoms with Gasteiger partial charge in [-0.1, -0.05) is 6.07 Å². The van der Waals surface area contributed by atoms with E-state index in [-0.39, 0.29) is 0 Å². The zero-order valence-electron chi connectivity index (χ0n) is 13.2. The van der Waals surface area contributed by atoms with Crippen molar-refractivity contribution < 1.29 is 9.53 Å². The zero-order chi connectivity index (χ0) is 17.3. The lowest BCUT2D eigenvalue weighted by molar-refractivity contribution is 0.187. The zero-order valence-corrected chi connectivity index (χ0v) is 13.2. The maximum absolute atomic E-state index is 11.4. The molecule has 3 rings (SSSR count). The molecule has 0 unspecified atom stereocenters. The van der Waals surface area contributed by atoms with E-state index in [1.165, 1.54) is 17.8 Å². The lowest BCUT2D eigenvalue weighted by atomic mass is 10.2. The predicted molar refractivity (Wildman–Crippen MR) is 92.3 cm³/mol. The van der Waals surface area contributed by atoms with E-state index < -0.39 is 6.09 Å². The number of carbonyl (C=O) groups excluding carboxylic acids is 1. The molecule has 0 spiro atoms. The van der Waals surface area contributed by atoms with Crippen LogP contribution in [0.15, 0.2) is 30.5 Å². The van der Waals surface area contributed by atoms with Crippen LogP contribution in [-0.2, 0) is 4.74 Å². The van der Waals surface area contributed by atoms with Crippen LogP contribution in [0.5, 0.6) is 0 Å². The van der Waals surface area contributed by atoms with E-state index in [0.29, 0.717) is 28.7 Å². The Kier molecular flexibility index (Phi) is 3.82. The van der Waals surface area contributed by atoms with E-state index in [1.807, 2.05) is 19.1 Å². The molecule has 0 saturated carbocycles. The van der Waals surface area contributed by atoms with Crippen molar-refractivity contribution in [2.24, 2.45) is 0 Å². The molecule has 2 aromatic heterocycles. The molecule has 0 saturated heterocycles. The van der Waals surface area contributed by atoms with Crippen LogP contribution in [0.1, 0.15) is 5.56 Å². The summed E-state index contributed by atoms with van der Waals surface area (Å²) >= 11 is 0. The van der Waals surface area contributed by atoms with Crippen LogP contribution in [0.3, 0.4) is 0 Å². The maximum atomic E-state index is 11.4. The minimum atomic E-state index is -0.537. The fourth-order valence-electron chi connectivity index (χ4n) is 2.21. The Balaban J connectivity index is 1.92. The molecule has 2 heterocycles. The summed E-state index contributed by atoms with van der Waals surface area (Å²) in [5.41, 5.74) is 15.0. The minimum Gasteiger partial charge on any atom is -0.453 e. The molecule has 0 aliphatic rings. The van der Waals surface area contributed by atoms with Gasteiger partial charge in [-0.2, -0.15) is 4.52 Å². The summed E-state index contributed by atoms with van der Waals surface area (Å²) < 4.78 is 6.07. The SMILES string of the molecule is COC(=O)Nc1cc(Nc2cc(N)c3ncc(N)n3n2)ccc1C. The lowest BCUT2D eigenvalue weighted by Gasteiger charge is -2.12. The molecule has 0 radical (unpaired) electrons. The first-order chi connectivity index (χ1) is 11.5. The van der Waals surface area contributed by atoms with Crippen molar-refractivity contribution in [3.8, 4) is 0 Å². The van der Waals surface area contributed by atoms with Crippen LogP contribution in [0.2, 0.25) is 0 Å². The summed E-state index contributed by atoms with van der Waals surface area (Å²) in [4.78, 5) is 15.5. The number of amides is 1. The minimum absolute atomic E-state index is 0.386. The van der Waals surface area contributed by atoms with Crippen molar-refractivity contribution in [2.45, 2.75) is 6.92 Å². The number of benzene rings is 1. The number of rotatable bonds is 3. The average molecular weight is 327 g/mol. The highest BCUT2D eigenvalue weighted by molar-refractivity contribution is 5.86. The van der Waals surface area contributed by atoms with Crippen LogP contribution in [0, 0.1) is 6.92 Å². The lowest BCUT2D eigenvalue weighted by Crippen LogP contribution is -2.12. The van der Waals surface area contributed by atoms with Crippen molar-refractivity contribution >= 4 is 40.4 Å². The van der Waals surface area contributed by atoms with Gasteiger partial charge in [0.05, 0.1) is 19.0 Å².